The molecule has 0 fully saturated rings. The zero-order valence-electron chi connectivity index (χ0n) is 11.1. The molecule has 0 saturated carbocycles. The van der Waals surface area contributed by atoms with E-state index in [0.717, 1.165) is 0 Å². The van der Waals surface area contributed by atoms with Crippen LogP contribution in [0.25, 0.3) is 6.08 Å². The summed E-state index contributed by atoms with van der Waals surface area (Å²) in [6.07, 6.45) is 0.269. The minimum atomic E-state index is -1.09. The summed E-state index contributed by atoms with van der Waals surface area (Å²) >= 11 is 0. The molecule has 6 heteroatoms. The Labute approximate surface area is 116 Å². The number of carbonyl (C=O) groups excluding carboxylic acids is 2. The van der Waals surface area contributed by atoms with Crippen LogP contribution >= 0.6 is 0 Å². The molecule has 0 aliphatic rings. The van der Waals surface area contributed by atoms with E-state index in [-0.39, 0.29) is 5.57 Å². The van der Waals surface area contributed by atoms with Crippen LogP contribution in [-0.2, 0) is 14.3 Å². The summed E-state index contributed by atoms with van der Waals surface area (Å²) in [6.45, 7) is 1.34. The summed E-state index contributed by atoms with van der Waals surface area (Å²) in [5, 5.41) is 8.95. The molecule has 20 heavy (non-hydrogen) atoms. The van der Waals surface area contributed by atoms with Crippen LogP contribution in [0.5, 0.6) is 5.75 Å². The first-order chi connectivity index (χ1) is 9.47. The lowest BCUT2D eigenvalue weighted by atomic mass is 10.1. The van der Waals surface area contributed by atoms with Gasteiger partial charge in [-0.1, -0.05) is 12.1 Å². The number of nitriles is 1. The van der Waals surface area contributed by atoms with Crippen molar-refractivity contribution in [3.63, 3.8) is 0 Å². The van der Waals surface area contributed by atoms with E-state index in [1.54, 1.807) is 30.3 Å². The predicted octanol–water partition coefficient (Wildman–Crippen LogP) is 1.02. The molecule has 0 radical (unpaired) electrons. The largest absolute Gasteiger partial charge is 0.497 e. The standard InChI is InChI=1S/C14H14N2O4/c1-9(13(16)17)20-14(18)11(8-15)7-10-3-5-12(19-2)6-4-10/h3-7,9H,1-2H3,(H2,16,17)/b11-7+/t9-/m1/s1. The number of methoxy groups -OCH3 is 1. The minimum Gasteiger partial charge on any atom is -0.497 e. The third-order valence-corrected chi connectivity index (χ3v) is 2.45. The fourth-order valence-electron chi connectivity index (χ4n) is 1.29. The maximum atomic E-state index is 11.7. The zero-order valence-corrected chi connectivity index (χ0v) is 11.1. The Bertz CT molecular complexity index is 570. The van der Waals surface area contributed by atoms with Crippen molar-refractivity contribution in [2.75, 3.05) is 7.11 Å². The lowest BCUT2D eigenvalue weighted by molar-refractivity contribution is -0.149. The Hall–Kier alpha value is -2.81. The van der Waals surface area contributed by atoms with Crippen molar-refractivity contribution in [3.05, 3.63) is 35.4 Å². The molecule has 1 amide bonds. The van der Waals surface area contributed by atoms with E-state index < -0.39 is 18.0 Å². The number of nitrogens with two attached hydrogens (primary N) is 1. The smallest absolute Gasteiger partial charge is 0.349 e. The average molecular weight is 274 g/mol. The van der Waals surface area contributed by atoms with Gasteiger partial charge in [0.1, 0.15) is 17.4 Å². The van der Waals surface area contributed by atoms with E-state index in [9.17, 15) is 9.59 Å². The molecule has 0 unspecified atom stereocenters. The molecule has 0 aliphatic heterocycles. The summed E-state index contributed by atoms with van der Waals surface area (Å²) in [5.74, 6) is -1.01. The normalized spacial score (nSPS) is 12.2. The number of hydrogen-bond donors (Lipinski definition) is 1. The third kappa shape index (κ3) is 4.14. The van der Waals surface area contributed by atoms with E-state index in [0.29, 0.717) is 11.3 Å². The van der Waals surface area contributed by atoms with Gasteiger partial charge in [0.25, 0.3) is 5.91 Å². The van der Waals surface area contributed by atoms with Crippen molar-refractivity contribution in [1.29, 1.82) is 5.26 Å². The number of primary amides is 1. The molecule has 2 N–H and O–H groups in total. The quantitative estimate of drug-likeness (QED) is 0.490. The fourth-order valence-corrected chi connectivity index (χ4v) is 1.29. The number of rotatable bonds is 5. The average Bonchev–Trinajstić information content (AvgIpc) is 2.44. The lowest BCUT2D eigenvalue weighted by Crippen LogP contribution is -2.30. The SMILES string of the molecule is COc1ccc(/C=C(\C#N)C(=O)O[C@H](C)C(N)=O)cc1. The number of hydrogen-bond acceptors (Lipinski definition) is 5. The van der Waals surface area contributed by atoms with Gasteiger partial charge in [-0.05, 0) is 30.7 Å². The third-order valence-electron chi connectivity index (χ3n) is 2.45. The van der Waals surface area contributed by atoms with Crippen molar-refractivity contribution in [1.82, 2.24) is 0 Å². The number of carbonyl (C=O) groups is 2. The maximum Gasteiger partial charge on any atom is 0.349 e. The Morgan fingerprint density at radius 3 is 2.40 bits per heavy atom. The van der Waals surface area contributed by atoms with Gasteiger partial charge in [-0.2, -0.15) is 5.26 Å². The highest BCUT2D eigenvalue weighted by atomic mass is 16.5. The molecule has 0 spiro atoms. The first kappa shape index (κ1) is 15.2. The Morgan fingerprint density at radius 1 is 1.35 bits per heavy atom. The highest BCUT2D eigenvalue weighted by Crippen LogP contribution is 2.14. The van der Waals surface area contributed by atoms with E-state index in [1.165, 1.54) is 20.1 Å². The van der Waals surface area contributed by atoms with Gasteiger partial charge in [-0.25, -0.2) is 4.79 Å². The zero-order chi connectivity index (χ0) is 15.1. The highest BCUT2D eigenvalue weighted by molar-refractivity contribution is 5.99. The van der Waals surface area contributed by atoms with Crippen LogP contribution in [0.2, 0.25) is 0 Å². The monoisotopic (exact) mass is 274 g/mol. The number of amides is 1. The van der Waals surface area contributed by atoms with Crippen molar-refractivity contribution >= 4 is 18.0 Å². The summed E-state index contributed by atoms with van der Waals surface area (Å²) in [7, 11) is 1.54. The van der Waals surface area contributed by atoms with Crippen LogP contribution in [0, 0.1) is 11.3 Å². The molecule has 0 bridgehead atoms. The van der Waals surface area contributed by atoms with Crippen LogP contribution in [-0.4, -0.2) is 25.1 Å². The van der Waals surface area contributed by atoms with Crippen LogP contribution in [0.15, 0.2) is 29.8 Å². The first-order valence-electron chi connectivity index (χ1n) is 5.74. The summed E-state index contributed by atoms with van der Waals surface area (Å²) in [5.41, 5.74) is 5.39. The molecular weight excluding hydrogens is 260 g/mol. The first-order valence-corrected chi connectivity index (χ1v) is 5.74. The molecule has 0 aliphatic carbocycles. The number of esters is 1. The van der Waals surface area contributed by atoms with Gasteiger partial charge in [0.15, 0.2) is 6.10 Å². The van der Waals surface area contributed by atoms with Gasteiger partial charge in [0.05, 0.1) is 7.11 Å². The van der Waals surface area contributed by atoms with Crippen LogP contribution in [0.1, 0.15) is 12.5 Å². The Kier molecular flexibility index (Phi) is 5.30. The second kappa shape index (κ2) is 6.95. The van der Waals surface area contributed by atoms with E-state index >= 15 is 0 Å². The van der Waals surface area contributed by atoms with Gasteiger partial charge in [0.2, 0.25) is 0 Å². The van der Waals surface area contributed by atoms with Gasteiger partial charge < -0.3 is 15.2 Å². The molecule has 0 saturated heterocycles. The highest BCUT2D eigenvalue weighted by Gasteiger charge is 2.18. The van der Waals surface area contributed by atoms with Gasteiger partial charge in [0, 0.05) is 0 Å². The van der Waals surface area contributed by atoms with Gasteiger partial charge in [-0.15, -0.1) is 0 Å². The van der Waals surface area contributed by atoms with Crippen LogP contribution in [0.3, 0.4) is 0 Å². The van der Waals surface area contributed by atoms with Gasteiger partial charge in [-0.3, -0.25) is 4.79 Å². The number of benzene rings is 1. The topological polar surface area (TPSA) is 102 Å². The van der Waals surface area contributed by atoms with Gasteiger partial charge >= 0.3 is 5.97 Å². The van der Waals surface area contributed by atoms with E-state index in [4.69, 9.17) is 20.5 Å². The molecule has 0 aromatic heterocycles. The summed E-state index contributed by atoms with van der Waals surface area (Å²) in [6, 6.07) is 8.47. The predicted molar refractivity (Wildman–Crippen MR) is 71.3 cm³/mol. The van der Waals surface area contributed by atoms with Crippen molar-refractivity contribution < 1.29 is 19.1 Å². The van der Waals surface area contributed by atoms with Crippen molar-refractivity contribution in [2.45, 2.75) is 13.0 Å². The summed E-state index contributed by atoms with van der Waals surface area (Å²) in [4.78, 5) is 22.5. The Morgan fingerprint density at radius 2 is 1.95 bits per heavy atom. The molecule has 0 heterocycles. The number of nitrogens with zero attached hydrogens (tertiary/aromatic N) is 1. The maximum absolute atomic E-state index is 11.7. The Balaban J connectivity index is 2.88. The van der Waals surface area contributed by atoms with Crippen LogP contribution < -0.4 is 10.5 Å². The minimum absolute atomic E-state index is 0.219. The van der Waals surface area contributed by atoms with E-state index in [2.05, 4.69) is 0 Å². The molecule has 1 aromatic rings. The molecule has 1 rings (SSSR count). The molecule has 1 atom stereocenters. The second-order valence-corrected chi connectivity index (χ2v) is 3.89. The van der Waals surface area contributed by atoms with Crippen LogP contribution in [0.4, 0.5) is 0 Å². The van der Waals surface area contributed by atoms with E-state index in [1.807, 2.05) is 0 Å². The fraction of sp³-hybridized carbons (Fsp3) is 0.214. The molecule has 1 aromatic carbocycles. The number of ether oxygens (including phenoxy) is 2. The lowest BCUT2D eigenvalue weighted by Gasteiger charge is -2.08. The molecular formula is C14H14N2O4. The molecule has 104 valence electrons. The molecule has 6 nitrogen and oxygen atoms in total. The second-order valence-electron chi connectivity index (χ2n) is 3.89. The van der Waals surface area contributed by atoms with Crippen molar-refractivity contribution in [3.8, 4) is 11.8 Å². The van der Waals surface area contributed by atoms with Crippen molar-refractivity contribution in [2.24, 2.45) is 5.73 Å². The summed E-state index contributed by atoms with van der Waals surface area (Å²) < 4.78 is 9.75.